The van der Waals surface area contributed by atoms with Gasteiger partial charge >= 0.3 is 0 Å². The Hall–Kier alpha value is -3.30. The molecule has 2 heterocycles. The number of hydrogen-bond donors (Lipinski definition) is 1. The van der Waals surface area contributed by atoms with Crippen LogP contribution < -0.4 is 10.2 Å². The third-order valence-corrected chi connectivity index (χ3v) is 5.88. The fraction of sp³-hybridized carbons (Fsp3) is 0.214. The summed E-state index contributed by atoms with van der Waals surface area (Å²) in [5.74, 6) is 0. The summed E-state index contributed by atoms with van der Waals surface area (Å²) in [6, 6.07) is 15.2. The van der Waals surface area contributed by atoms with Gasteiger partial charge in [-0.15, -0.1) is 0 Å². The number of ether oxygens (including phenoxy) is 1. The molecule has 4 rings (SSSR count). The maximum atomic E-state index is 5.45. The normalized spacial score (nSPS) is 17.9. The van der Waals surface area contributed by atoms with Crippen LogP contribution in [0.3, 0.4) is 0 Å². The van der Waals surface area contributed by atoms with Crippen LogP contribution in [-0.2, 0) is 11.3 Å². The van der Waals surface area contributed by atoms with Crippen LogP contribution >= 0.6 is 0 Å². The van der Waals surface area contributed by atoms with Gasteiger partial charge in [-0.2, -0.15) is 0 Å². The third-order valence-electron chi connectivity index (χ3n) is 5.88. The number of para-hydroxylation sites is 1. The molecule has 2 aliphatic heterocycles. The zero-order valence-electron chi connectivity index (χ0n) is 18.8. The summed E-state index contributed by atoms with van der Waals surface area (Å²) in [7, 11) is 1.70. The maximum Gasteiger partial charge on any atom is 0.149 e. The summed E-state index contributed by atoms with van der Waals surface area (Å²) in [5.41, 5.74) is 11.3. The van der Waals surface area contributed by atoms with Crippen molar-refractivity contribution in [1.29, 1.82) is 0 Å². The van der Waals surface area contributed by atoms with E-state index in [1.807, 2.05) is 6.20 Å². The molecule has 0 aromatic heterocycles. The number of aryl methyl sites for hydroxylation is 2. The van der Waals surface area contributed by atoms with Gasteiger partial charge in [-0.25, -0.2) is 0 Å². The molecule has 0 aliphatic carbocycles. The molecule has 0 radical (unpaired) electrons. The van der Waals surface area contributed by atoms with Crippen molar-refractivity contribution >= 4 is 11.3 Å². The molecule has 1 atom stereocenters. The molecule has 2 aromatic rings. The van der Waals surface area contributed by atoms with Crippen LogP contribution in [-0.4, -0.2) is 13.3 Å². The molecule has 31 heavy (non-hydrogen) atoms. The number of nitrogens with zero attached hydrogens (tertiary/aromatic N) is 1. The molecule has 1 unspecified atom stereocenters. The molecule has 0 spiro atoms. The highest BCUT2D eigenvalue weighted by molar-refractivity contribution is 5.93. The molecule has 2 aromatic carbocycles. The molecular formula is C28H30N2O. The Morgan fingerprint density at radius 2 is 1.81 bits per heavy atom. The summed E-state index contributed by atoms with van der Waals surface area (Å²) >= 11 is 0. The Labute approximate surface area is 185 Å². The molecule has 3 heteroatoms. The van der Waals surface area contributed by atoms with Crippen LogP contribution in [0.4, 0.5) is 5.69 Å². The number of methoxy groups -OCH3 is 1. The van der Waals surface area contributed by atoms with E-state index in [0.29, 0.717) is 0 Å². The van der Waals surface area contributed by atoms with Crippen molar-refractivity contribution in [2.45, 2.75) is 33.5 Å². The molecule has 158 valence electrons. The van der Waals surface area contributed by atoms with Gasteiger partial charge in [0.2, 0.25) is 0 Å². The largest absolute Gasteiger partial charge is 0.362 e. The number of rotatable bonds is 5. The first-order chi connectivity index (χ1) is 14.9. The highest BCUT2D eigenvalue weighted by Crippen LogP contribution is 2.41. The molecule has 3 nitrogen and oxygen atoms in total. The van der Waals surface area contributed by atoms with Gasteiger partial charge in [0.05, 0.1) is 0 Å². The lowest BCUT2D eigenvalue weighted by Gasteiger charge is -2.32. The van der Waals surface area contributed by atoms with Crippen LogP contribution in [0, 0.1) is 13.8 Å². The summed E-state index contributed by atoms with van der Waals surface area (Å²) in [5, 5.41) is 3.30. The van der Waals surface area contributed by atoms with E-state index in [-0.39, 0.29) is 6.23 Å². The lowest BCUT2D eigenvalue weighted by molar-refractivity contribution is 0.114. The minimum atomic E-state index is -0.0955. The van der Waals surface area contributed by atoms with Gasteiger partial charge in [-0.1, -0.05) is 60.7 Å². The van der Waals surface area contributed by atoms with Crippen molar-refractivity contribution in [1.82, 2.24) is 5.32 Å². The molecule has 2 aliphatic rings. The lowest BCUT2D eigenvalue weighted by atomic mass is 9.86. The van der Waals surface area contributed by atoms with Crippen LogP contribution in [0.15, 0.2) is 96.4 Å². The van der Waals surface area contributed by atoms with Crippen molar-refractivity contribution in [3.8, 4) is 0 Å². The number of dihydropyridines is 1. The first-order valence-corrected chi connectivity index (χ1v) is 10.6. The average molecular weight is 411 g/mol. The second-order valence-electron chi connectivity index (χ2n) is 8.41. The predicted molar refractivity (Wildman–Crippen MR) is 131 cm³/mol. The minimum absolute atomic E-state index is 0.0955. The molecule has 1 N–H and O–H groups in total. The Morgan fingerprint density at radius 1 is 1.10 bits per heavy atom. The van der Waals surface area contributed by atoms with E-state index in [4.69, 9.17) is 4.74 Å². The van der Waals surface area contributed by atoms with E-state index < -0.39 is 0 Å². The van der Waals surface area contributed by atoms with Gasteiger partial charge in [0.1, 0.15) is 6.23 Å². The number of hydrogen-bond acceptors (Lipinski definition) is 3. The topological polar surface area (TPSA) is 24.5 Å². The Balaban J connectivity index is 1.72. The second kappa shape index (κ2) is 8.44. The van der Waals surface area contributed by atoms with Crippen LogP contribution in [0.25, 0.3) is 5.57 Å². The first kappa shape index (κ1) is 21.0. The van der Waals surface area contributed by atoms with Gasteiger partial charge in [0.25, 0.3) is 0 Å². The number of allylic oxidation sites excluding steroid dienone is 5. The summed E-state index contributed by atoms with van der Waals surface area (Å²) in [6.07, 6.45) is 6.21. The average Bonchev–Trinajstić information content (AvgIpc) is 2.74. The molecule has 0 bridgehead atoms. The van der Waals surface area contributed by atoms with Crippen LogP contribution in [0.5, 0.6) is 0 Å². The van der Waals surface area contributed by atoms with Crippen molar-refractivity contribution < 1.29 is 4.74 Å². The summed E-state index contributed by atoms with van der Waals surface area (Å²) in [6.45, 7) is 16.0. The van der Waals surface area contributed by atoms with E-state index >= 15 is 0 Å². The maximum absolute atomic E-state index is 5.45. The molecule has 0 saturated heterocycles. The number of fused-ring (bicyclic) bond motifs is 1. The molecular weight excluding hydrogens is 380 g/mol. The Bertz CT molecular complexity index is 1130. The van der Waals surface area contributed by atoms with E-state index in [1.165, 1.54) is 22.4 Å². The number of benzene rings is 2. The predicted octanol–water partition coefficient (Wildman–Crippen LogP) is 6.18. The number of anilines is 1. The van der Waals surface area contributed by atoms with Crippen molar-refractivity contribution in [3.63, 3.8) is 0 Å². The standard InChI is InChI=1S/C28H30N2O/c1-18-11-19(2)13-23(12-18)16-30-17-26(22(5)25-9-7-8-10-27(25)30)21(4)24-14-20(3)28(31-6)29-15-24/h7-15,17,28-29H,4-5,16H2,1-3,6H3. The van der Waals surface area contributed by atoms with E-state index in [9.17, 15) is 0 Å². The SMILES string of the molecule is C=C(C1=CNC(OC)C(C)=C1)C1=CN(Cc2cc(C)cc(C)c2)c2ccccc2C1=C. The quantitative estimate of drug-likeness (QED) is 0.637. The molecule has 0 saturated carbocycles. The van der Waals surface area contributed by atoms with Gasteiger partial charge < -0.3 is 15.0 Å². The van der Waals surface area contributed by atoms with Gasteiger partial charge in [0.15, 0.2) is 0 Å². The monoisotopic (exact) mass is 410 g/mol. The van der Waals surface area contributed by atoms with E-state index in [2.05, 4.69) is 98.9 Å². The van der Waals surface area contributed by atoms with E-state index in [1.54, 1.807) is 7.11 Å². The van der Waals surface area contributed by atoms with Crippen molar-refractivity contribution in [2.75, 3.05) is 12.0 Å². The van der Waals surface area contributed by atoms with Crippen molar-refractivity contribution in [2.24, 2.45) is 0 Å². The van der Waals surface area contributed by atoms with Crippen LogP contribution in [0.2, 0.25) is 0 Å². The van der Waals surface area contributed by atoms with Gasteiger partial charge in [-0.3, -0.25) is 0 Å². The third kappa shape index (κ3) is 4.14. The molecule has 0 amide bonds. The van der Waals surface area contributed by atoms with Gasteiger partial charge in [-0.05, 0) is 60.8 Å². The fourth-order valence-corrected chi connectivity index (χ4v) is 4.42. The number of nitrogens with one attached hydrogen (secondary N) is 1. The Kier molecular flexibility index (Phi) is 5.71. The molecule has 0 fully saturated rings. The lowest BCUT2D eigenvalue weighted by Crippen LogP contribution is -2.30. The minimum Gasteiger partial charge on any atom is -0.362 e. The Morgan fingerprint density at radius 3 is 2.48 bits per heavy atom. The first-order valence-electron chi connectivity index (χ1n) is 10.6. The highest BCUT2D eigenvalue weighted by atomic mass is 16.5. The zero-order valence-corrected chi connectivity index (χ0v) is 18.8. The second-order valence-corrected chi connectivity index (χ2v) is 8.41. The van der Waals surface area contributed by atoms with Crippen LogP contribution in [0.1, 0.15) is 29.2 Å². The fourth-order valence-electron chi connectivity index (χ4n) is 4.42. The van der Waals surface area contributed by atoms with E-state index in [0.717, 1.165) is 40.0 Å². The smallest absolute Gasteiger partial charge is 0.149 e. The summed E-state index contributed by atoms with van der Waals surface area (Å²) in [4.78, 5) is 2.31. The van der Waals surface area contributed by atoms with Gasteiger partial charge in [0, 0.05) is 42.9 Å². The summed E-state index contributed by atoms with van der Waals surface area (Å²) < 4.78 is 5.45. The highest BCUT2D eigenvalue weighted by Gasteiger charge is 2.24. The zero-order chi connectivity index (χ0) is 22.1. The van der Waals surface area contributed by atoms with Crippen molar-refractivity contribution in [3.05, 3.63) is 119 Å².